The van der Waals surface area contributed by atoms with Crippen LogP contribution in [0.2, 0.25) is 0 Å². The Kier molecular flexibility index (Phi) is 10.8. The molecule has 0 aromatic carbocycles. The highest BCUT2D eigenvalue weighted by Crippen LogP contribution is 2.06. The zero-order valence-electron chi connectivity index (χ0n) is 7.92. The van der Waals surface area contributed by atoms with Crippen molar-refractivity contribution in [1.29, 1.82) is 0 Å². The van der Waals surface area contributed by atoms with Gasteiger partial charge >= 0.3 is 0 Å². The van der Waals surface area contributed by atoms with E-state index in [4.69, 9.17) is 5.26 Å². The predicted molar refractivity (Wildman–Crippen MR) is 47.7 cm³/mol. The Bertz CT molecular complexity index is 66.2. The fraction of sp³-hybridized carbons (Fsp3) is 1.00. The third kappa shape index (κ3) is 9.88. The van der Waals surface area contributed by atoms with Gasteiger partial charge in [0.1, 0.15) is 0 Å². The molecular weight excluding hydrogens is 156 g/mol. The zero-order valence-corrected chi connectivity index (χ0v) is 7.92. The fourth-order valence-corrected chi connectivity index (χ4v) is 1.16. The molecule has 0 saturated carbocycles. The highest BCUT2D eigenvalue weighted by atomic mass is 17.5. The highest BCUT2D eigenvalue weighted by Gasteiger charge is 1.90. The summed E-state index contributed by atoms with van der Waals surface area (Å²) in [5.74, 6) is 0. The summed E-state index contributed by atoms with van der Waals surface area (Å²) in [7, 11) is 0. The van der Waals surface area contributed by atoms with Gasteiger partial charge in [-0.1, -0.05) is 50.5 Å². The van der Waals surface area contributed by atoms with Crippen molar-refractivity contribution in [1.82, 2.24) is 0 Å². The maximum atomic E-state index is 7.82. The Hall–Kier alpha value is -0.120. The number of rotatable bonds is 9. The Balaban J connectivity index is 2.73. The molecule has 3 nitrogen and oxygen atoms in total. The molecule has 0 rings (SSSR count). The second-order valence-electron chi connectivity index (χ2n) is 3.02. The lowest BCUT2D eigenvalue weighted by Crippen LogP contribution is -1.92. The summed E-state index contributed by atoms with van der Waals surface area (Å²) in [4.78, 5) is 4.32. The van der Waals surface area contributed by atoms with Gasteiger partial charge in [0.05, 0.1) is 6.61 Å². The van der Waals surface area contributed by atoms with E-state index in [9.17, 15) is 0 Å². The van der Waals surface area contributed by atoms with Crippen LogP contribution in [-0.2, 0) is 9.93 Å². The van der Waals surface area contributed by atoms with Crippen molar-refractivity contribution >= 4 is 0 Å². The largest absolute Gasteiger partial charge is 0.221 e. The van der Waals surface area contributed by atoms with Gasteiger partial charge in [0.25, 0.3) is 0 Å². The molecule has 3 heteroatoms. The van der Waals surface area contributed by atoms with Crippen LogP contribution in [0.15, 0.2) is 0 Å². The van der Waals surface area contributed by atoms with Gasteiger partial charge in [0.2, 0.25) is 0 Å². The predicted octanol–water partition coefficient (Wildman–Crippen LogP) is 3.16. The third-order valence-corrected chi connectivity index (χ3v) is 1.88. The van der Waals surface area contributed by atoms with E-state index in [-0.39, 0.29) is 0 Å². The molecule has 0 bridgehead atoms. The average Bonchev–Trinajstić information content (AvgIpc) is 2.10. The normalized spacial score (nSPS) is 10.5. The van der Waals surface area contributed by atoms with Gasteiger partial charge in [0.15, 0.2) is 0 Å². The van der Waals surface area contributed by atoms with Gasteiger partial charge in [-0.15, -0.1) is 0 Å². The molecule has 0 aliphatic heterocycles. The van der Waals surface area contributed by atoms with Gasteiger partial charge in [-0.3, -0.25) is 0 Å². The molecule has 0 atom stereocenters. The third-order valence-electron chi connectivity index (χ3n) is 1.88. The van der Waals surface area contributed by atoms with Gasteiger partial charge < -0.3 is 0 Å². The van der Waals surface area contributed by atoms with E-state index in [1.165, 1.54) is 32.1 Å². The van der Waals surface area contributed by atoms with Crippen molar-refractivity contribution in [2.75, 3.05) is 6.61 Å². The van der Waals surface area contributed by atoms with Gasteiger partial charge in [0, 0.05) is 0 Å². The van der Waals surface area contributed by atoms with E-state index in [1.54, 1.807) is 0 Å². The Morgan fingerprint density at radius 3 is 2.08 bits per heavy atom. The smallest absolute Gasteiger partial charge is 0.0853 e. The average molecular weight is 176 g/mol. The van der Waals surface area contributed by atoms with Crippen LogP contribution in [-0.4, -0.2) is 11.9 Å². The van der Waals surface area contributed by atoms with Gasteiger partial charge in [-0.05, 0) is 6.42 Å². The minimum atomic E-state index is 0.490. The Morgan fingerprint density at radius 1 is 0.917 bits per heavy atom. The second-order valence-corrected chi connectivity index (χ2v) is 3.02. The van der Waals surface area contributed by atoms with E-state index < -0.39 is 0 Å². The molecule has 1 N–H and O–H groups in total. The lowest BCUT2D eigenvalue weighted by atomic mass is 10.1. The van der Waals surface area contributed by atoms with E-state index in [0.29, 0.717) is 6.61 Å². The fourth-order valence-electron chi connectivity index (χ4n) is 1.16. The molecule has 0 aromatic heterocycles. The Morgan fingerprint density at radius 2 is 1.50 bits per heavy atom. The van der Waals surface area contributed by atoms with Gasteiger partial charge in [-0.2, -0.15) is 0 Å². The van der Waals surface area contributed by atoms with Crippen LogP contribution >= 0.6 is 0 Å². The van der Waals surface area contributed by atoms with Crippen molar-refractivity contribution in [3.05, 3.63) is 0 Å². The Labute approximate surface area is 74.5 Å². The second kappa shape index (κ2) is 10.9. The summed E-state index contributed by atoms with van der Waals surface area (Å²) in [6.45, 7) is 2.71. The van der Waals surface area contributed by atoms with Crippen LogP contribution < -0.4 is 0 Å². The summed E-state index contributed by atoms with van der Waals surface area (Å²) in [6.07, 6.45) is 8.67. The zero-order chi connectivity index (χ0) is 9.07. The maximum Gasteiger partial charge on any atom is 0.0853 e. The molecule has 0 aliphatic rings. The van der Waals surface area contributed by atoms with Crippen molar-refractivity contribution in [3.8, 4) is 0 Å². The molecule has 0 unspecified atom stereocenters. The van der Waals surface area contributed by atoms with Crippen molar-refractivity contribution in [2.24, 2.45) is 0 Å². The summed E-state index contributed by atoms with van der Waals surface area (Å²) >= 11 is 0. The molecule has 0 spiro atoms. The van der Waals surface area contributed by atoms with Crippen LogP contribution in [0.5, 0.6) is 0 Å². The molecule has 0 aromatic rings. The van der Waals surface area contributed by atoms with Crippen LogP contribution in [0.25, 0.3) is 0 Å². The maximum absolute atomic E-state index is 7.82. The topological polar surface area (TPSA) is 38.7 Å². The quantitative estimate of drug-likeness (QED) is 0.333. The first kappa shape index (κ1) is 11.9. The van der Waals surface area contributed by atoms with E-state index in [2.05, 4.69) is 16.8 Å². The summed E-state index contributed by atoms with van der Waals surface area (Å²) in [6, 6.07) is 0. The summed E-state index contributed by atoms with van der Waals surface area (Å²) in [5.41, 5.74) is 0. The highest BCUT2D eigenvalue weighted by molar-refractivity contribution is 4.43. The van der Waals surface area contributed by atoms with Crippen LogP contribution in [0.4, 0.5) is 0 Å². The molecule has 0 aliphatic carbocycles. The lowest BCUT2D eigenvalue weighted by Gasteiger charge is -1.99. The van der Waals surface area contributed by atoms with E-state index in [0.717, 1.165) is 12.8 Å². The lowest BCUT2D eigenvalue weighted by molar-refractivity contribution is -0.490. The first-order valence-corrected chi connectivity index (χ1v) is 4.85. The monoisotopic (exact) mass is 176 g/mol. The van der Waals surface area contributed by atoms with E-state index >= 15 is 0 Å². The van der Waals surface area contributed by atoms with Crippen molar-refractivity contribution in [3.63, 3.8) is 0 Å². The molecule has 0 fully saturated rings. The SMILES string of the molecule is CCCCCCCCCOOO. The first-order valence-electron chi connectivity index (χ1n) is 4.85. The van der Waals surface area contributed by atoms with E-state index in [1.807, 2.05) is 0 Å². The molecule has 0 radical (unpaired) electrons. The summed E-state index contributed by atoms with van der Waals surface area (Å²) in [5, 5.41) is 11.3. The molecular formula is C9H20O3. The number of unbranched alkanes of at least 4 members (excludes halogenated alkanes) is 6. The van der Waals surface area contributed by atoms with Crippen molar-refractivity contribution < 1.29 is 15.2 Å². The number of hydrogen-bond donors (Lipinski definition) is 1. The van der Waals surface area contributed by atoms with Crippen molar-refractivity contribution in [2.45, 2.75) is 51.9 Å². The molecule has 0 amide bonds. The standard InChI is InChI=1S/C9H20O3/c1-2-3-4-5-6-7-8-9-11-12-10/h10H,2-9H2,1H3. The molecule has 12 heavy (non-hydrogen) atoms. The molecule has 0 saturated heterocycles. The van der Waals surface area contributed by atoms with Crippen LogP contribution in [0, 0.1) is 0 Å². The van der Waals surface area contributed by atoms with Crippen LogP contribution in [0.1, 0.15) is 51.9 Å². The number of hydrogen-bond acceptors (Lipinski definition) is 3. The van der Waals surface area contributed by atoms with Crippen LogP contribution in [0.3, 0.4) is 0 Å². The minimum Gasteiger partial charge on any atom is -0.221 e. The van der Waals surface area contributed by atoms with Gasteiger partial charge in [-0.25, -0.2) is 10.1 Å². The first-order chi connectivity index (χ1) is 5.91. The molecule has 0 heterocycles. The molecule has 74 valence electrons. The summed E-state index contributed by atoms with van der Waals surface area (Å²) < 4.78 is 0. The minimum absolute atomic E-state index is 0.490.